The van der Waals surface area contributed by atoms with Crippen molar-refractivity contribution in [2.45, 2.75) is 38.0 Å². The molecule has 6 nitrogen and oxygen atoms in total. The van der Waals surface area contributed by atoms with Gasteiger partial charge in [-0.05, 0) is 51.6 Å². The lowest BCUT2D eigenvalue weighted by Gasteiger charge is -2.33. The van der Waals surface area contributed by atoms with Gasteiger partial charge in [0.05, 0.1) is 11.4 Å². The number of sulfonamides is 1. The van der Waals surface area contributed by atoms with Crippen LogP contribution in [0.5, 0.6) is 0 Å². The van der Waals surface area contributed by atoms with Crippen LogP contribution in [0.4, 0.5) is 0 Å². The van der Waals surface area contributed by atoms with Gasteiger partial charge in [-0.2, -0.15) is 9.40 Å². The normalized spacial score (nSPS) is 23.0. The fraction of sp³-hybridized carbons (Fsp3) is 0.786. The van der Waals surface area contributed by atoms with Crippen molar-refractivity contribution in [3.05, 3.63) is 11.4 Å². The maximum absolute atomic E-state index is 13.0. The second-order valence-corrected chi connectivity index (χ2v) is 8.34. The third-order valence-corrected chi connectivity index (χ3v) is 7.21. The molecule has 1 N–H and O–H groups in total. The van der Waals surface area contributed by atoms with Crippen molar-refractivity contribution in [1.29, 1.82) is 0 Å². The van der Waals surface area contributed by atoms with Crippen LogP contribution >= 0.6 is 0 Å². The van der Waals surface area contributed by atoms with E-state index >= 15 is 0 Å². The lowest BCUT2D eigenvalue weighted by molar-refractivity contribution is 0.218. The smallest absolute Gasteiger partial charge is 0.246 e. The molecule has 0 amide bonds. The molecule has 2 aliphatic heterocycles. The van der Waals surface area contributed by atoms with Gasteiger partial charge in [0.2, 0.25) is 10.0 Å². The second-order valence-electron chi connectivity index (χ2n) is 6.46. The SMILES string of the molecule is Cc1nn(C)c(C)c1S(=O)(=O)N1CCC2(CCNCC2)C1. The van der Waals surface area contributed by atoms with Gasteiger partial charge in [0.1, 0.15) is 4.90 Å². The third kappa shape index (κ3) is 2.41. The summed E-state index contributed by atoms with van der Waals surface area (Å²) in [7, 11) is -1.63. The van der Waals surface area contributed by atoms with Crippen molar-refractivity contribution in [1.82, 2.24) is 19.4 Å². The van der Waals surface area contributed by atoms with Gasteiger partial charge in [-0.1, -0.05) is 0 Å². The predicted octanol–water partition coefficient (Wildman–Crippen LogP) is 0.801. The Morgan fingerprint density at radius 2 is 1.86 bits per heavy atom. The van der Waals surface area contributed by atoms with E-state index in [0.717, 1.165) is 38.0 Å². The van der Waals surface area contributed by atoms with E-state index < -0.39 is 10.0 Å². The summed E-state index contributed by atoms with van der Waals surface area (Å²) in [6, 6.07) is 0. The van der Waals surface area contributed by atoms with Gasteiger partial charge in [0.15, 0.2) is 0 Å². The number of nitrogens with one attached hydrogen (secondary N) is 1. The van der Waals surface area contributed by atoms with E-state index in [9.17, 15) is 8.42 Å². The number of aryl methyl sites for hydroxylation is 2. The van der Waals surface area contributed by atoms with E-state index in [4.69, 9.17) is 0 Å². The van der Waals surface area contributed by atoms with E-state index in [-0.39, 0.29) is 5.41 Å². The molecule has 2 aliphatic rings. The molecular weight excluding hydrogens is 288 g/mol. The summed E-state index contributed by atoms with van der Waals surface area (Å²) in [4.78, 5) is 0.399. The molecule has 7 heteroatoms. The van der Waals surface area contributed by atoms with Crippen molar-refractivity contribution in [3.63, 3.8) is 0 Å². The second kappa shape index (κ2) is 5.07. The molecule has 0 aliphatic carbocycles. The molecule has 1 aromatic heterocycles. The molecule has 0 atom stereocenters. The minimum Gasteiger partial charge on any atom is -0.317 e. The average Bonchev–Trinajstić information content (AvgIpc) is 2.94. The molecule has 0 saturated carbocycles. The molecule has 118 valence electrons. The summed E-state index contributed by atoms with van der Waals surface area (Å²) in [6.45, 7) is 6.89. The Kier molecular flexibility index (Phi) is 3.62. The largest absolute Gasteiger partial charge is 0.317 e. The van der Waals surface area contributed by atoms with Crippen LogP contribution in [0.25, 0.3) is 0 Å². The minimum atomic E-state index is -3.42. The molecule has 3 heterocycles. The average molecular weight is 312 g/mol. The fourth-order valence-electron chi connectivity index (χ4n) is 3.72. The summed E-state index contributed by atoms with van der Waals surface area (Å²) >= 11 is 0. The van der Waals surface area contributed by atoms with E-state index in [1.165, 1.54) is 0 Å². The summed E-state index contributed by atoms with van der Waals surface area (Å²) in [6.07, 6.45) is 3.13. The monoisotopic (exact) mass is 312 g/mol. The topological polar surface area (TPSA) is 67.2 Å². The van der Waals surface area contributed by atoms with Gasteiger partial charge < -0.3 is 5.32 Å². The molecule has 0 aromatic carbocycles. The molecule has 2 fully saturated rings. The van der Waals surface area contributed by atoms with Crippen molar-refractivity contribution < 1.29 is 8.42 Å². The first-order chi connectivity index (χ1) is 9.86. The highest BCUT2D eigenvalue weighted by Crippen LogP contribution is 2.41. The molecular formula is C14H24N4O2S. The van der Waals surface area contributed by atoms with Gasteiger partial charge in [-0.25, -0.2) is 8.42 Å². The van der Waals surface area contributed by atoms with E-state index in [0.29, 0.717) is 23.7 Å². The molecule has 2 saturated heterocycles. The number of aromatic nitrogens is 2. The first kappa shape index (κ1) is 15.0. The molecule has 1 aromatic rings. The lowest BCUT2D eigenvalue weighted by Crippen LogP contribution is -2.39. The summed E-state index contributed by atoms with van der Waals surface area (Å²) in [5.74, 6) is 0. The zero-order valence-corrected chi connectivity index (χ0v) is 13.8. The van der Waals surface area contributed by atoms with Gasteiger partial charge in [-0.15, -0.1) is 0 Å². The van der Waals surface area contributed by atoms with E-state index in [2.05, 4.69) is 10.4 Å². The van der Waals surface area contributed by atoms with Crippen LogP contribution in [-0.2, 0) is 17.1 Å². The van der Waals surface area contributed by atoms with Crippen LogP contribution in [0.1, 0.15) is 30.7 Å². The van der Waals surface area contributed by atoms with Crippen LogP contribution in [0.2, 0.25) is 0 Å². The quantitative estimate of drug-likeness (QED) is 0.877. The number of piperidine rings is 1. The Morgan fingerprint density at radius 3 is 2.43 bits per heavy atom. The number of nitrogens with zero attached hydrogens (tertiary/aromatic N) is 3. The lowest BCUT2D eigenvalue weighted by atomic mass is 9.78. The standard InChI is InChI=1S/C14H24N4O2S/c1-11-13(12(2)17(3)16-11)21(19,20)18-9-6-14(10-18)4-7-15-8-5-14/h15H,4-10H2,1-3H3. The highest BCUT2D eigenvalue weighted by Gasteiger charge is 2.44. The molecule has 21 heavy (non-hydrogen) atoms. The Labute approximate surface area is 126 Å². The maximum atomic E-state index is 13.0. The Morgan fingerprint density at radius 1 is 1.19 bits per heavy atom. The molecule has 0 radical (unpaired) electrons. The van der Waals surface area contributed by atoms with Crippen LogP contribution in [-0.4, -0.2) is 48.7 Å². The maximum Gasteiger partial charge on any atom is 0.246 e. The first-order valence-corrected chi connectivity index (χ1v) is 9.01. The van der Waals surface area contributed by atoms with Crippen LogP contribution in [0.3, 0.4) is 0 Å². The number of rotatable bonds is 2. The third-order valence-electron chi connectivity index (χ3n) is 5.11. The van der Waals surface area contributed by atoms with Crippen molar-refractivity contribution in [3.8, 4) is 0 Å². The van der Waals surface area contributed by atoms with Gasteiger partial charge in [-0.3, -0.25) is 4.68 Å². The van der Waals surface area contributed by atoms with Gasteiger partial charge in [0.25, 0.3) is 0 Å². The van der Waals surface area contributed by atoms with Crippen molar-refractivity contribution in [2.75, 3.05) is 26.2 Å². The molecule has 0 unspecified atom stereocenters. The number of hydrogen-bond donors (Lipinski definition) is 1. The van der Waals surface area contributed by atoms with Crippen LogP contribution in [0.15, 0.2) is 4.90 Å². The first-order valence-electron chi connectivity index (χ1n) is 7.57. The molecule has 3 rings (SSSR count). The van der Waals surface area contributed by atoms with Crippen LogP contribution < -0.4 is 5.32 Å². The summed E-state index contributed by atoms with van der Waals surface area (Å²) < 4.78 is 29.3. The zero-order chi connectivity index (χ0) is 15.3. The predicted molar refractivity (Wildman–Crippen MR) is 80.6 cm³/mol. The van der Waals surface area contributed by atoms with E-state index in [1.807, 2.05) is 6.92 Å². The zero-order valence-electron chi connectivity index (χ0n) is 13.0. The van der Waals surface area contributed by atoms with Crippen molar-refractivity contribution in [2.24, 2.45) is 12.5 Å². The summed E-state index contributed by atoms with van der Waals surface area (Å²) in [5.41, 5.74) is 1.50. The number of hydrogen-bond acceptors (Lipinski definition) is 4. The Hall–Kier alpha value is -0.920. The van der Waals surface area contributed by atoms with E-state index in [1.54, 1.807) is 23.0 Å². The Bertz CT molecular complexity index is 644. The molecule has 1 spiro atoms. The van der Waals surface area contributed by atoms with Crippen molar-refractivity contribution >= 4 is 10.0 Å². The highest BCUT2D eigenvalue weighted by atomic mass is 32.2. The van der Waals surface area contributed by atoms with Crippen LogP contribution in [0, 0.1) is 19.3 Å². The van der Waals surface area contributed by atoms with Gasteiger partial charge >= 0.3 is 0 Å². The Balaban J connectivity index is 1.90. The fourth-order valence-corrected chi connectivity index (χ4v) is 5.67. The van der Waals surface area contributed by atoms with Gasteiger partial charge in [0, 0.05) is 20.1 Å². The highest BCUT2D eigenvalue weighted by molar-refractivity contribution is 7.89. The summed E-state index contributed by atoms with van der Waals surface area (Å²) in [5, 5.41) is 7.61. The minimum absolute atomic E-state index is 0.183. The molecule has 0 bridgehead atoms.